The van der Waals surface area contributed by atoms with Gasteiger partial charge in [-0.25, -0.2) is 9.80 Å². The Morgan fingerprint density at radius 1 is 0.909 bits per heavy atom. The number of hydrazone groups is 1. The molecule has 0 amide bonds. The van der Waals surface area contributed by atoms with Crippen LogP contribution in [0.4, 0.5) is 5.69 Å². The van der Waals surface area contributed by atoms with E-state index in [1.54, 1.807) is 55.5 Å². The standard InChI is InChI=1S/C27H22N2O4/c1-3-33-26(32)23-22(18-15-13-17(2)14-16-18)27(29(28-23)19-9-5-4-6-10-19)24(30)20-11-7-8-12-21(20)25(27)31/h4-16,22H,3H2,1-2H3. The maximum Gasteiger partial charge on any atom is 0.355 e. The molecule has 0 aromatic heterocycles. The van der Waals surface area contributed by atoms with Crippen LogP contribution in [0.2, 0.25) is 0 Å². The molecule has 2 aliphatic rings. The van der Waals surface area contributed by atoms with Crippen molar-refractivity contribution in [2.45, 2.75) is 25.3 Å². The van der Waals surface area contributed by atoms with E-state index in [0.717, 1.165) is 5.56 Å². The molecular formula is C27H22N2O4. The quantitative estimate of drug-likeness (QED) is 0.448. The van der Waals surface area contributed by atoms with Crippen molar-refractivity contribution in [1.82, 2.24) is 0 Å². The lowest BCUT2D eigenvalue weighted by Gasteiger charge is -2.35. The largest absolute Gasteiger partial charge is 0.461 e. The van der Waals surface area contributed by atoms with E-state index in [1.165, 1.54) is 5.01 Å². The first-order chi connectivity index (χ1) is 16.0. The number of esters is 1. The van der Waals surface area contributed by atoms with Crippen molar-refractivity contribution in [2.24, 2.45) is 5.10 Å². The van der Waals surface area contributed by atoms with Crippen LogP contribution in [0.25, 0.3) is 0 Å². The van der Waals surface area contributed by atoms with E-state index < -0.39 is 17.4 Å². The second-order valence-electron chi connectivity index (χ2n) is 8.17. The summed E-state index contributed by atoms with van der Waals surface area (Å²) in [5.41, 5.74) is 1.18. The predicted molar refractivity (Wildman–Crippen MR) is 125 cm³/mol. The third kappa shape index (κ3) is 2.94. The lowest BCUT2D eigenvalue weighted by molar-refractivity contribution is -0.135. The van der Waals surface area contributed by atoms with Gasteiger partial charge in [0.25, 0.3) is 0 Å². The van der Waals surface area contributed by atoms with Gasteiger partial charge in [-0.3, -0.25) is 9.59 Å². The van der Waals surface area contributed by atoms with Gasteiger partial charge in [0.15, 0.2) is 17.3 Å². The highest BCUT2D eigenvalue weighted by Gasteiger charge is 2.67. The highest BCUT2D eigenvalue weighted by atomic mass is 16.5. The van der Waals surface area contributed by atoms with Crippen LogP contribution < -0.4 is 5.01 Å². The number of ether oxygens (including phenoxy) is 1. The molecule has 0 saturated heterocycles. The highest BCUT2D eigenvalue weighted by Crippen LogP contribution is 2.50. The third-order valence-electron chi connectivity index (χ3n) is 6.24. The van der Waals surface area contributed by atoms with Crippen molar-refractivity contribution in [3.63, 3.8) is 0 Å². The molecule has 0 radical (unpaired) electrons. The van der Waals surface area contributed by atoms with E-state index >= 15 is 0 Å². The third-order valence-corrected chi connectivity index (χ3v) is 6.24. The molecule has 1 aliphatic heterocycles. The number of rotatable bonds is 4. The summed E-state index contributed by atoms with van der Waals surface area (Å²) in [4.78, 5) is 41.3. The zero-order valence-corrected chi connectivity index (χ0v) is 18.3. The number of anilines is 1. The van der Waals surface area contributed by atoms with Crippen LogP contribution in [0.1, 0.15) is 44.7 Å². The fourth-order valence-corrected chi connectivity index (χ4v) is 4.76. The fourth-order valence-electron chi connectivity index (χ4n) is 4.76. The van der Waals surface area contributed by atoms with Gasteiger partial charge in [-0.2, -0.15) is 5.10 Å². The zero-order valence-electron chi connectivity index (χ0n) is 18.3. The van der Waals surface area contributed by atoms with Gasteiger partial charge in [0.2, 0.25) is 5.54 Å². The number of ketones is 2. The van der Waals surface area contributed by atoms with Crippen molar-refractivity contribution in [3.8, 4) is 0 Å². The Kier molecular flexibility index (Phi) is 4.93. The summed E-state index contributed by atoms with van der Waals surface area (Å²) >= 11 is 0. The number of benzene rings is 3. The fraction of sp³-hybridized carbons (Fsp3) is 0.185. The SMILES string of the molecule is CCOC(=O)C1=NN(c2ccccc2)C2(C(=O)c3ccccc3C2=O)C1c1ccc(C)cc1. The van der Waals surface area contributed by atoms with E-state index in [0.29, 0.717) is 22.4 Å². The lowest BCUT2D eigenvalue weighted by Crippen LogP contribution is -2.57. The van der Waals surface area contributed by atoms with Crippen LogP contribution in [-0.4, -0.2) is 35.4 Å². The molecule has 0 N–H and O–H groups in total. The van der Waals surface area contributed by atoms with E-state index in [-0.39, 0.29) is 23.9 Å². The number of fused-ring (bicyclic) bond motifs is 1. The van der Waals surface area contributed by atoms with Gasteiger partial charge < -0.3 is 4.74 Å². The first kappa shape index (κ1) is 20.8. The first-order valence-corrected chi connectivity index (χ1v) is 10.9. The van der Waals surface area contributed by atoms with E-state index in [2.05, 4.69) is 5.10 Å². The average molecular weight is 438 g/mol. The monoisotopic (exact) mass is 438 g/mol. The van der Waals surface area contributed by atoms with Crippen molar-refractivity contribution < 1.29 is 19.1 Å². The van der Waals surface area contributed by atoms with Gasteiger partial charge >= 0.3 is 5.97 Å². The van der Waals surface area contributed by atoms with Gasteiger partial charge in [0.05, 0.1) is 18.2 Å². The van der Waals surface area contributed by atoms with Crippen molar-refractivity contribution in [1.29, 1.82) is 0 Å². The average Bonchev–Trinajstić information content (AvgIpc) is 3.31. The molecular weight excluding hydrogens is 416 g/mol. The Labute approximate surface area is 191 Å². The minimum absolute atomic E-state index is 0.0408. The minimum atomic E-state index is -1.75. The second kappa shape index (κ2) is 7.81. The minimum Gasteiger partial charge on any atom is -0.461 e. The highest BCUT2D eigenvalue weighted by molar-refractivity contribution is 6.46. The maximum absolute atomic E-state index is 14.1. The zero-order chi connectivity index (χ0) is 23.2. The predicted octanol–water partition coefficient (Wildman–Crippen LogP) is 4.34. The Morgan fingerprint density at radius 3 is 2.06 bits per heavy atom. The topological polar surface area (TPSA) is 76.0 Å². The summed E-state index contributed by atoms with van der Waals surface area (Å²) in [7, 11) is 0. The molecule has 1 heterocycles. The number of carbonyl (C=O) groups is 3. The molecule has 6 heteroatoms. The van der Waals surface area contributed by atoms with Gasteiger partial charge in [-0.1, -0.05) is 72.3 Å². The molecule has 3 aromatic carbocycles. The van der Waals surface area contributed by atoms with Gasteiger partial charge in [-0.15, -0.1) is 0 Å². The Balaban J connectivity index is 1.81. The molecule has 1 unspecified atom stereocenters. The number of aryl methyl sites for hydroxylation is 1. The molecule has 0 bridgehead atoms. The van der Waals surface area contributed by atoms with Crippen molar-refractivity contribution >= 4 is 28.9 Å². The molecule has 3 aromatic rings. The first-order valence-electron chi connectivity index (χ1n) is 10.9. The molecule has 6 nitrogen and oxygen atoms in total. The van der Waals surface area contributed by atoms with Gasteiger partial charge in [-0.05, 0) is 31.5 Å². The number of carbonyl (C=O) groups excluding carboxylic acids is 3. The smallest absolute Gasteiger partial charge is 0.355 e. The van der Waals surface area contributed by atoms with E-state index in [1.807, 2.05) is 37.3 Å². The number of hydrogen-bond donors (Lipinski definition) is 0. The number of Topliss-reactive ketones (excluding diaryl/α,β-unsaturated/α-hetero) is 2. The van der Waals surface area contributed by atoms with E-state index in [4.69, 9.17) is 4.74 Å². The summed E-state index contributed by atoms with van der Waals surface area (Å²) < 4.78 is 5.32. The van der Waals surface area contributed by atoms with E-state index in [9.17, 15) is 14.4 Å². The summed E-state index contributed by atoms with van der Waals surface area (Å²) in [6.07, 6.45) is 0. The van der Waals surface area contributed by atoms with Crippen LogP contribution in [0, 0.1) is 6.92 Å². The van der Waals surface area contributed by atoms with Crippen LogP contribution in [-0.2, 0) is 9.53 Å². The number of para-hydroxylation sites is 1. The summed E-state index contributed by atoms with van der Waals surface area (Å²) in [5.74, 6) is -2.32. The van der Waals surface area contributed by atoms with Crippen LogP contribution in [0.15, 0.2) is 84.0 Å². The van der Waals surface area contributed by atoms with Crippen molar-refractivity contribution in [3.05, 3.63) is 101 Å². The molecule has 1 atom stereocenters. The summed E-state index contributed by atoms with van der Waals surface area (Å²) in [6.45, 7) is 3.81. The van der Waals surface area contributed by atoms with Crippen LogP contribution >= 0.6 is 0 Å². The van der Waals surface area contributed by atoms with Crippen LogP contribution in [0.3, 0.4) is 0 Å². The van der Waals surface area contributed by atoms with Crippen LogP contribution in [0.5, 0.6) is 0 Å². The van der Waals surface area contributed by atoms with Gasteiger partial charge in [0, 0.05) is 11.1 Å². The lowest BCUT2D eigenvalue weighted by atomic mass is 9.73. The molecule has 164 valence electrons. The summed E-state index contributed by atoms with van der Waals surface area (Å²) in [5, 5.41) is 6.04. The molecule has 1 spiro atoms. The Morgan fingerprint density at radius 2 is 1.48 bits per heavy atom. The Bertz CT molecular complexity index is 1260. The maximum atomic E-state index is 14.1. The second-order valence-corrected chi connectivity index (χ2v) is 8.17. The molecule has 1 aliphatic carbocycles. The Hall–Kier alpha value is -4.06. The number of nitrogens with zero attached hydrogens (tertiary/aromatic N) is 2. The van der Waals surface area contributed by atoms with Crippen molar-refractivity contribution in [2.75, 3.05) is 11.6 Å². The normalized spacial score (nSPS) is 18.4. The summed E-state index contributed by atoms with van der Waals surface area (Å²) in [6, 6.07) is 23.3. The molecule has 0 saturated carbocycles. The molecule has 0 fully saturated rings. The molecule has 33 heavy (non-hydrogen) atoms. The van der Waals surface area contributed by atoms with Gasteiger partial charge in [0.1, 0.15) is 0 Å². The number of hydrogen-bond acceptors (Lipinski definition) is 6. The molecule has 5 rings (SSSR count).